The van der Waals surface area contributed by atoms with Gasteiger partial charge in [-0.15, -0.1) is 0 Å². The SMILES string of the molecule is CCCCCCOc1ccc(NCC(C)c2ccc(CC(C)C)cc2)cc1. The van der Waals surface area contributed by atoms with E-state index in [2.05, 4.69) is 81.5 Å². The van der Waals surface area contributed by atoms with Crippen LogP contribution in [-0.2, 0) is 6.42 Å². The van der Waals surface area contributed by atoms with Crippen molar-refractivity contribution in [3.05, 3.63) is 59.7 Å². The van der Waals surface area contributed by atoms with Gasteiger partial charge in [0.2, 0.25) is 0 Å². The minimum Gasteiger partial charge on any atom is -0.494 e. The molecule has 0 saturated carbocycles. The summed E-state index contributed by atoms with van der Waals surface area (Å²) in [6.45, 7) is 10.8. The molecule has 0 aromatic heterocycles. The first-order valence-corrected chi connectivity index (χ1v) is 10.6. The summed E-state index contributed by atoms with van der Waals surface area (Å²) in [5.41, 5.74) is 3.97. The molecule has 0 radical (unpaired) electrons. The Kier molecular flexibility index (Phi) is 9.24. The Labute approximate surface area is 166 Å². The van der Waals surface area contributed by atoms with Gasteiger partial charge in [0.05, 0.1) is 6.61 Å². The van der Waals surface area contributed by atoms with Gasteiger partial charge in [-0.05, 0) is 60.1 Å². The molecule has 0 aliphatic heterocycles. The van der Waals surface area contributed by atoms with Crippen molar-refractivity contribution in [1.29, 1.82) is 0 Å². The van der Waals surface area contributed by atoms with Crippen LogP contribution in [0.1, 0.15) is 70.4 Å². The Morgan fingerprint density at radius 2 is 1.56 bits per heavy atom. The molecule has 0 fully saturated rings. The first kappa shape index (κ1) is 21.3. The lowest BCUT2D eigenvalue weighted by molar-refractivity contribution is 0.305. The summed E-state index contributed by atoms with van der Waals surface area (Å²) in [4.78, 5) is 0. The largest absolute Gasteiger partial charge is 0.494 e. The summed E-state index contributed by atoms with van der Waals surface area (Å²) >= 11 is 0. The summed E-state index contributed by atoms with van der Waals surface area (Å²) in [6.07, 6.45) is 6.11. The van der Waals surface area contributed by atoms with E-state index in [9.17, 15) is 0 Å². The van der Waals surface area contributed by atoms with E-state index in [-0.39, 0.29) is 0 Å². The number of anilines is 1. The van der Waals surface area contributed by atoms with Crippen LogP contribution < -0.4 is 10.1 Å². The molecule has 2 heteroatoms. The third kappa shape index (κ3) is 8.07. The van der Waals surface area contributed by atoms with Gasteiger partial charge in [-0.3, -0.25) is 0 Å². The van der Waals surface area contributed by atoms with Crippen LogP contribution in [0.3, 0.4) is 0 Å². The molecule has 0 amide bonds. The molecule has 1 N–H and O–H groups in total. The zero-order chi connectivity index (χ0) is 19.5. The van der Waals surface area contributed by atoms with Gasteiger partial charge in [-0.2, -0.15) is 0 Å². The molecule has 2 aromatic carbocycles. The molecule has 2 rings (SSSR count). The van der Waals surface area contributed by atoms with Crippen LogP contribution in [-0.4, -0.2) is 13.2 Å². The summed E-state index contributed by atoms with van der Waals surface area (Å²) in [6, 6.07) is 17.5. The van der Waals surface area contributed by atoms with E-state index in [0.717, 1.165) is 37.4 Å². The summed E-state index contributed by atoms with van der Waals surface area (Å²) in [5, 5.41) is 3.55. The summed E-state index contributed by atoms with van der Waals surface area (Å²) in [7, 11) is 0. The van der Waals surface area contributed by atoms with Crippen molar-refractivity contribution >= 4 is 5.69 Å². The summed E-state index contributed by atoms with van der Waals surface area (Å²) < 4.78 is 5.81. The molecular weight excluding hydrogens is 330 g/mol. The summed E-state index contributed by atoms with van der Waals surface area (Å²) in [5.74, 6) is 2.15. The number of hydrogen-bond acceptors (Lipinski definition) is 2. The predicted octanol–water partition coefficient (Wildman–Crippen LogP) is 7.06. The third-order valence-corrected chi connectivity index (χ3v) is 4.93. The fraction of sp³-hybridized carbons (Fsp3) is 0.520. The molecular formula is C25H37NO. The maximum absolute atomic E-state index is 5.81. The zero-order valence-corrected chi connectivity index (χ0v) is 17.6. The van der Waals surface area contributed by atoms with Crippen LogP contribution in [0.15, 0.2) is 48.5 Å². The quantitative estimate of drug-likeness (QED) is 0.405. The van der Waals surface area contributed by atoms with Crippen LogP contribution in [0.2, 0.25) is 0 Å². The van der Waals surface area contributed by atoms with Crippen molar-refractivity contribution in [2.45, 2.75) is 65.7 Å². The van der Waals surface area contributed by atoms with Gasteiger partial charge in [-0.1, -0.05) is 71.2 Å². The van der Waals surface area contributed by atoms with Crippen LogP contribution in [0.25, 0.3) is 0 Å². The van der Waals surface area contributed by atoms with Gasteiger partial charge in [0.15, 0.2) is 0 Å². The first-order chi connectivity index (χ1) is 13.1. The van der Waals surface area contributed by atoms with Crippen LogP contribution in [0, 0.1) is 5.92 Å². The monoisotopic (exact) mass is 367 g/mol. The second-order valence-corrected chi connectivity index (χ2v) is 8.06. The van der Waals surface area contributed by atoms with Crippen molar-refractivity contribution in [2.75, 3.05) is 18.5 Å². The highest BCUT2D eigenvalue weighted by molar-refractivity contribution is 5.46. The molecule has 1 unspecified atom stereocenters. The lowest BCUT2D eigenvalue weighted by atomic mass is 9.97. The molecule has 0 heterocycles. The van der Waals surface area contributed by atoms with Crippen molar-refractivity contribution in [3.63, 3.8) is 0 Å². The highest BCUT2D eigenvalue weighted by Gasteiger charge is 2.06. The van der Waals surface area contributed by atoms with E-state index in [4.69, 9.17) is 4.74 Å². The number of nitrogens with one attached hydrogen (secondary N) is 1. The third-order valence-electron chi connectivity index (χ3n) is 4.93. The van der Waals surface area contributed by atoms with Crippen LogP contribution in [0.5, 0.6) is 5.75 Å². The van der Waals surface area contributed by atoms with E-state index < -0.39 is 0 Å². The number of hydrogen-bond donors (Lipinski definition) is 1. The molecule has 2 aromatic rings. The minimum absolute atomic E-state index is 0.479. The number of benzene rings is 2. The smallest absolute Gasteiger partial charge is 0.119 e. The lowest BCUT2D eigenvalue weighted by Crippen LogP contribution is -2.10. The van der Waals surface area contributed by atoms with Crippen molar-refractivity contribution in [2.24, 2.45) is 5.92 Å². The number of unbranched alkanes of at least 4 members (excludes halogenated alkanes) is 3. The van der Waals surface area contributed by atoms with Crippen molar-refractivity contribution in [1.82, 2.24) is 0 Å². The van der Waals surface area contributed by atoms with Gasteiger partial charge in [-0.25, -0.2) is 0 Å². The fourth-order valence-electron chi connectivity index (χ4n) is 3.23. The molecule has 0 spiro atoms. The van der Waals surface area contributed by atoms with E-state index in [1.165, 1.54) is 30.4 Å². The molecule has 148 valence electrons. The average Bonchev–Trinajstić information content (AvgIpc) is 2.67. The molecule has 1 atom stereocenters. The van der Waals surface area contributed by atoms with Crippen LogP contribution in [0.4, 0.5) is 5.69 Å². The number of ether oxygens (including phenoxy) is 1. The molecule has 0 saturated heterocycles. The minimum atomic E-state index is 0.479. The standard InChI is InChI=1S/C25H37NO/c1-5-6-7-8-17-27-25-15-13-24(14-16-25)26-19-21(4)23-11-9-22(10-12-23)18-20(2)3/h9-16,20-21,26H,5-8,17-19H2,1-4H3. The van der Waals surface area contributed by atoms with Gasteiger partial charge in [0, 0.05) is 12.2 Å². The van der Waals surface area contributed by atoms with Crippen molar-refractivity contribution in [3.8, 4) is 5.75 Å². The van der Waals surface area contributed by atoms with Gasteiger partial charge >= 0.3 is 0 Å². The Bertz CT molecular complexity index is 630. The Hall–Kier alpha value is -1.96. The van der Waals surface area contributed by atoms with E-state index in [0.29, 0.717) is 11.8 Å². The first-order valence-electron chi connectivity index (χ1n) is 10.6. The maximum atomic E-state index is 5.81. The molecule has 0 aliphatic rings. The Balaban J connectivity index is 1.75. The Morgan fingerprint density at radius 3 is 2.19 bits per heavy atom. The molecule has 27 heavy (non-hydrogen) atoms. The van der Waals surface area contributed by atoms with Gasteiger partial charge < -0.3 is 10.1 Å². The lowest BCUT2D eigenvalue weighted by Gasteiger charge is -2.15. The maximum Gasteiger partial charge on any atom is 0.119 e. The molecule has 0 aliphatic carbocycles. The second-order valence-electron chi connectivity index (χ2n) is 8.06. The van der Waals surface area contributed by atoms with Crippen LogP contribution >= 0.6 is 0 Å². The highest BCUT2D eigenvalue weighted by Crippen LogP contribution is 2.20. The predicted molar refractivity (Wildman–Crippen MR) is 118 cm³/mol. The number of rotatable bonds is 12. The Morgan fingerprint density at radius 1 is 0.852 bits per heavy atom. The van der Waals surface area contributed by atoms with Gasteiger partial charge in [0.25, 0.3) is 0 Å². The molecule has 0 bridgehead atoms. The average molecular weight is 368 g/mol. The van der Waals surface area contributed by atoms with Crippen molar-refractivity contribution < 1.29 is 4.74 Å². The highest BCUT2D eigenvalue weighted by atomic mass is 16.5. The normalized spacial score (nSPS) is 12.2. The molecule has 2 nitrogen and oxygen atoms in total. The van der Waals surface area contributed by atoms with Gasteiger partial charge in [0.1, 0.15) is 5.75 Å². The topological polar surface area (TPSA) is 21.3 Å². The van der Waals surface area contributed by atoms with E-state index in [1.54, 1.807) is 0 Å². The fourth-order valence-corrected chi connectivity index (χ4v) is 3.23. The van der Waals surface area contributed by atoms with E-state index in [1.807, 2.05) is 0 Å². The zero-order valence-electron chi connectivity index (χ0n) is 17.6. The van der Waals surface area contributed by atoms with E-state index >= 15 is 0 Å². The second kappa shape index (κ2) is 11.7.